The third-order valence-electron chi connectivity index (χ3n) is 1.17. The van der Waals surface area contributed by atoms with Gasteiger partial charge in [0, 0.05) is 11.9 Å². The number of pyridine rings is 1. The van der Waals surface area contributed by atoms with Crippen molar-refractivity contribution < 1.29 is 0 Å². The van der Waals surface area contributed by atoms with Crippen molar-refractivity contribution in [2.24, 2.45) is 0 Å². The van der Waals surface area contributed by atoms with Crippen molar-refractivity contribution >= 4 is 23.6 Å². The van der Waals surface area contributed by atoms with Crippen LogP contribution < -0.4 is 5.46 Å². The molecule has 51 valence electrons. The lowest BCUT2D eigenvalue weighted by atomic mass is 9.95. The smallest absolute Gasteiger partial charge is 0.229 e. The molecule has 10 heavy (non-hydrogen) atoms. The molecule has 3 heteroatoms. The van der Waals surface area contributed by atoms with Crippen molar-refractivity contribution in [2.45, 2.75) is 6.92 Å². The van der Waals surface area contributed by atoms with Gasteiger partial charge in [-0.1, -0.05) is 5.46 Å². The van der Waals surface area contributed by atoms with E-state index in [0.717, 1.165) is 5.69 Å². The van der Waals surface area contributed by atoms with Gasteiger partial charge in [-0.3, -0.25) is 4.98 Å². The average Bonchev–Trinajstić information content (AvgIpc) is 1.88. The van der Waals surface area contributed by atoms with Crippen molar-refractivity contribution in [3.8, 4) is 0 Å². The lowest BCUT2D eigenvalue weighted by molar-refractivity contribution is 1.21. The minimum atomic E-state index is 1.07. The van der Waals surface area contributed by atoms with E-state index in [2.05, 4.69) is 23.9 Å². The summed E-state index contributed by atoms with van der Waals surface area (Å²) in [6, 6.07) is 4.07. The number of aryl methyl sites for hydroxylation is 1. The molecule has 0 N–H and O–H groups in total. The third kappa shape index (κ3) is 2.07. The molecule has 0 aliphatic rings. The molecule has 1 aromatic heterocycles. The quantitative estimate of drug-likeness (QED) is 0.583. The summed E-state index contributed by atoms with van der Waals surface area (Å²) < 4.78 is 0. The van der Waals surface area contributed by atoms with Crippen molar-refractivity contribution in [3.05, 3.63) is 24.0 Å². The second-order valence-electron chi connectivity index (χ2n) is 2.08. The maximum absolute atomic E-state index is 4.09. The molecule has 1 nitrogen and oxygen atoms in total. The molecule has 1 radical (unpaired) electrons. The van der Waals surface area contributed by atoms with Crippen LogP contribution in [-0.4, -0.2) is 17.8 Å². The van der Waals surface area contributed by atoms with E-state index in [1.165, 1.54) is 5.46 Å². The summed E-state index contributed by atoms with van der Waals surface area (Å²) >= 11 is 1.71. The SMILES string of the molecule is CS[B]c1ccnc(C)c1. The highest BCUT2D eigenvalue weighted by molar-refractivity contribution is 8.23. The van der Waals surface area contributed by atoms with Gasteiger partial charge in [-0.2, -0.15) is 0 Å². The number of aromatic nitrogens is 1. The first-order valence-corrected chi connectivity index (χ1v) is 4.40. The van der Waals surface area contributed by atoms with Gasteiger partial charge in [0.1, 0.15) is 0 Å². The molecule has 0 aliphatic heterocycles. The molecule has 0 amide bonds. The molecule has 0 fully saturated rings. The summed E-state index contributed by atoms with van der Waals surface area (Å²) in [6.45, 7) is 4.10. The highest BCUT2D eigenvalue weighted by atomic mass is 32.2. The van der Waals surface area contributed by atoms with E-state index < -0.39 is 0 Å². The van der Waals surface area contributed by atoms with E-state index in [4.69, 9.17) is 0 Å². The highest BCUT2D eigenvalue weighted by Gasteiger charge is 1.92. The fourth-order valence-electron chi connectivity index (χ4n) is 0.777. The Labute approximate surface area is 66.4 Å². The lowest BCUT2D eigenvalue weighted by Crippen LogP contribution is -2.10. The van der Waals surface area contributed by atoms with E-state index in [1.807, 2.05) is 19.2 Å². The topological polar surface area (TPSA) is 12.9 Å². The predicted molar refractivity (Wildman–Crippen MR) is 47.9 cm³/mol. The van der Waals surface area contributed by atoms with Gasteiger partial charge in [0.15, 0.2) is 0 Å². The zero-order valence-corrected chi connectivity index (χ0v) is 6.98. The van der Waals surface area contributed by atoms with Gasteiger partial charge in [-0.25, -0.2) is 11.6 Å². The Morgan fingerprint density at radius 3 is 3.00 bits per heavy atom. The summed E-state index contributed by atoms with van der Waals surface area (Å²) in [5, 5.41) is 0. The Morgan fingerprint density at radius 1 is 1.60 bits per heavy atom. The van der Waals surface area contributed by atoms with Crippen LogP contribution in [0, 0.1) is 6.92 Å². The van der Waals surface area contributed by atoms with Gasteiger partial charge in [-0.15, -0.1) is 0 Å². The summed E-state index contributed by atoms with van der Waals surface area (Å²) in [5.41, 5.74) is 2.31. The first-order valence-electron chi connectivity index (χ1n) is 3.11. The van der Waals surface area contributed by atoms with Crippen molar-refractivity contribution in [1.82, 2.24) is 4.98 Å². The Bertz CT molecular complexity index is 215. The Kier molecular flexibility index (Phi) is 2.81. The van der Waals surface area contributed by atoms with Crippen LogP contribution in [0.25, 0.3) is 0 Å². The van der Waals surface area contributed by atoms with Crippen LogP contribution in [0.1, 0.15) is 5.69 Å². The molecule has 0 spiro atoms. The van der Waals surface area contributed by atoms with Crippen LogP contribution in [0.5, 0.6) is 0 Å². The molecule has 0 aliphatic carbocycles. The van der Waals surface area contributed by atoms with E-state index in [-0.39, 0.29) is 0 Å². The van der Waals surface area contributed by atoms with E-state index in [9.17, 15) is 0 Å². The predicted octanol–water partition coefficient (Wildman–Crippen LogP) is 0.998. The maximum atomic E-state index is 4.09. The van der Waals surface area contributed by atoms with Crippen LogP contribution in [0.15, 0.2) is 18.3 Å². The van der Waals surface area contributed by atoms with Crippen LogP contribution in [0.3, 0.4) is 0 Å². The van der Waals surface area contributed by atoms with Crippen molar-refractivity contribution in [3.63, 3.8) is 0 Å². The maximum Gasteiger partial charge on any atom is 0.229 e. The van der Waals surface area contributed by atoms with Crippen LogP contribution >= 0.6 is 11.6 Å². The van der Waals surface area contributed by atoms with Crippen LogP contribution in [0.4, 0.5) is 0 Å². The Hall–Kier alpha value is -0.435. The summed E-state index contributed by atoms with van der Waals surface area (Å²) in [5.74, 6) is 0. The molecule has 1 rings (SSSR count). The molecule has 1 heterocycles. The monoisotopic (exact) mass is 150 g/mol. The van der Waals surface area contributed by atoms with Gasteiger partial charge in [-0.05, 0) is 25.3 Å². The van der Waals surface area contributed by atoms with Gasteiger partial charge >= 0.3 is 0 Å². The van der Waals surface area contributed by atoms with Gasteiger partial charge in [0.2, 0.25) is 6.56 Å². The first-order chi connectivity index (χ1) is 4.83. The lowest BCUT2D eigenvalue weighted by Gasteiger charge is -1.95. The highest BCUT2D eigenvalue weighted by Crippen LogP contribution is 1.91. The second kappa shape index (κ2) is 3.66. The number of rotatable bonds is 2. The average molecular weight is 150 g/mol. The van der Waals surface area contributed by atoms with Gasteiger partial charge in [0.05, 0.1) is 0 Å². The molecule has 0 bridgehead atoms. The largest absolute Gasteiger partial charge is 0.262 e. The van der Waals surface area contributed by atoms with E-state index >= 15 is 0 Å². The molecule has 0 saturated carbocycles. The minimum absolute atomic E-state index is 1.07. The number of hydrogen-bond acceptors (Lipinski definition) is 2. The molecule has 0 unspecified atom stereocenters. The zero-order valence-electron chi connectivity index (χ0n) is 6.16. The Morgan fingerprint density at radius 2 is 2.40 bits per heavy atom. The first kappa shape index (κ1) is 7.67. The number of hydrogen-bond donors (Lipinski definition) is 0. The van der Waals surface area contributed by atoms with Crippen LogP contribution in [0.2, 0.25) is 0 Å². The molecular weight excluding hydrogens is 141 g/mol. The second-order valence-corrected chi connectivity index (χ2v) is 2.79. The normalized spacial score (nSPS) is 9.40. The fraction of sp³-hybridized carbons (Fsp3) is 0.286. The van der Waals surface area contributed by atoms with Crippen LogP contribution in [-0.2, 0) is 0 Å². The molecule has 1 aromatic rings. The third-order valence-corrected chi connectivity index (χ3v) is 1.68. The summed E-state index contributed by atoms with van der Waals surface area (Å²) in [7, 11) is 0. The van der Waals surface area contributed by atoms with E-state index in [1.54, 1.807) is 11.6 Å². The van der Waals surface area contributed by atoms with Crippen molar-refractivity contribution in [2.75, 3.05) is 6.26 Å². The van der Waals surface area contributed by atoms with E-state index in [0.29, 0.717) is 0 Å². The molecule has 0 atom stereocenters. The molecular formula is C7H9BNS. The summed E-state index contributed by atoms with van der Waals surface area (Å²) in [4.78, 5) is 4.09. The van der Waals surface area contributed by atoms with Gasteiger partial charge in [0.25, 0.3) is 0 Å². The summed E-state index contributed by atoms with van der Waals surface area (Å²) in [6.07, 6.45) is 3.88. The fourth-order valence-corrected chi connectivity index (χ4v) is 1.20. The van der Waals surface area contributed by atoms with Gasteiger partial charge < -0.3 is 0 Å². The minimum Gasteiger partial charge on any atom is -0.262 e. The standard InChI is InChI=1S/C7H9BNS/c1-6-5-7(8-10-2)3-4-9-6/h3-5H,1-2H3. The molecule has 0 saturated heterocycles. The zero-order chi connectivity index (χ0) is 7.40. The van der Waals surface area contributed by atoms with Crippen molar-refractivity contribution in [1.29, 1.82) is 0 Å². The number of nitrogens with zero attached hydrogens (tertiary/aromatic N) is 1. The Balaban J connectivity index is 2.75. The molecule has 0 aromatic carbocycles.